The highest BCUT2D eigenvalue weighted by atomic mass is 32.1. The van der Waals surface area contributed by atoms with Gasteiger partial charge in [0.2, 0.25) is 0 Å². The molecule has 0 spiro atoms. The number of thiophene rings is 1. The zero-order chi connectivity index (χ0) is 20.9. The SMILES string of the molecule is O=C(COc1cccc(C(F)(F)F)c1)NCCn1nc(-c2cccs2)ccc1=O. The molecule has 3 aromatic rings. The van der Waals surface area contributed by atoms with E-state index in [1.807, 2.05) is 17.5 Å². The van der Waals surface area contributed by atoms with Crippen molar-refractivity contribution in [1.82, 2.24) is 15.1 Å². The van der Waals surface area contributed by atoms with Gasteiger partial charge < -0.3 is 10.1 Å². The number of ether oxygens (including phenoxy) is 1. The number of amides is 1. The zero-order valence-electron chi connectivity index (χ0n) is 15.0. The molecule has 0 saturated carbocycles. The summed E-state index contributed by atoms with van der Waals surface area (Å²) in [6.45, 7) is -0.183. The minimum Gasteiger partial charge on any atom is -0.484 e. The van der Waals surface area contributed by atoms with Crippen LogP contribution in [0.15, 0.2) is 58.7 Å². The van der Waals surface area contributed by atoms with Gasteiger partial charge in [-0.15, -0.1) is 11.3 Å². The van der Waals surface area contributed by atoms with Gasteiger partial charge in [0.1, 0.15) is 11.4 Å². The second-order valence-electron chi connectivity index (χ2n) is 5.92. The van der Waals surface area contributed by atoms with Crippen LogP contribution in [-0.4, -0.2) is 28.8 Å². The van der Waals surface area contributed by atoms with Crippen LogP contribution in [0.3, 0.4) is 0 Å². The van der Waals surface area contributed by atoms with Crippen LogP contribution in [0.2, 0.25) is 0 Å². The van der Waals surface area contributed by atoms with Crippen LogP contribution < -0.4 is 15.6 Å². The van der Waals surface area contributed by atoms with Gasteiger partial charge in [0.25, 0.3) is 11.5 Å². The highest BCUT2D eigenvalue weighted by Crippen LogP contribution is 2.31. The lowest BCUT2D eigenvalue weighted by molar-refractivity contribution is -0.137. The number of nitrogens with zero attached hydrogens (tertiary/aromatic N) is 2. The van der Waals surface area contributed by atoms with E-state index < -0.39 is 24.3 Å². The van der Waals surface area contributed by atoms with E-state index in [0.29, 0.717) is 5.69 Å². The Kier molecular flexibility index (Phi) is 6.32. The number of hydrogen-bond acceptors (Lipinski definition) is 5. The first-order valence-corrected chi connectivity index (χ1v) is 9.40. The van der Waals surface area contributed by atoms with E-state index in [1.54, 1.807) is 6.07 Å². The number of aromatic nitrogens is 2. The van der Waals surface area contributed by atoms with Crippen molar-refractivity contribution >= 4 is 17.2 Å². The Morgan fingerprint density at radius 1 is 1.17 bits per heavy atom. The molecule has 0 atom stereocenters. The summed E-state index contributed by atoms with van der Waals surface area (Å²) in [5.41, 5.74) is -0.509. The number of hydrogen-bond donors (Lipinski definition) is 1. The van der Waals surface area contributed by atoms with Gasteiger partial charge in [-0.1, -0.05) is 12.1 Å². The first-order chi connectivity index (χ1) is 13.8. The zero-order valence-corrected chi connectivity index (χ0v) is 15.8. The summed E-state index contributed by atoms with van der Waals surface area (Å²) in [6, 6.07) is 11.1. The largest absolute Gasteiger partial charge is 0.484 e. The molecule has 10 heteroatoms. The minimum atomic E-state index is -4.49. The van der Waals surface area contributed by atoms with Crippen LogP contribution in [0.1, 0.15) is 5.56 Å². The highest BCUT2D eigenvalue weighted by Gasteiger charge is 2.30. The predicted octanol–water partition coefficient (Wildman–Crippen LogP) is 3.19. The van der Waals surface area contributed by atoms with Crippen molar-refractivity contribution in [2.45, 2.75) is 12.7 Å². The number of rotatable bonds is 7. The summed E-state index contributed by atoms with van der Waals surface area (Å²) < 4.78 is 44.4. The van der Waals surface area contributed by atoms with Crippen molar-refractivity contribution in [2.24, 2.45) is 0 Å². The van der Waals surface area contributed by atoms with Gasteiger partial charge in [0, 0.05) is 12.6 Å². The van der Waals surface area contributed by atoms with Crippen LogP contribution in [-0.2, 0) is 17.5 Å². The van der Waals surface area contributed by atoms with Gasteiger partial charge in [-0.25, -0.2) is 4.68 Å². The topological polar surface area (TPSA) is 73.2 Å². The van der Waals surface area contributed by atoms with Crippen molar-refractivity contribution in [3.8, 4) is 16.3 Å². The Morgan fingerprint density at radius 2 is 2.00 bits per heavy atom. The lowest BCUT2D eigenvalue weighted by atomic mass is 10.2. The molecule has 1 aromatic carbocycles. The molecule has 152 valence electrons. The molecule has 0 aliphatic carbocycles. The number of nitrogens with one attached hydrogen (secondary N) is 1. The maximum absolute atomic E-state index is 12.7. The fraction of sp³-hybridized carbons (Fsp3) is 0.211. The molecule has 0 fully saturated rings. The standard InChI is InChI=1S/C19H16F3N3O3S/c20-19(21,22)13-3-1-4-14(11-13)28-12-17(26)23-8-9-25-18(27)7-6-15(24-25)16-5-2-10-29-16/h1-7,10-11H,8-9,12H2,(H,23,26). The second-order valence-corrected chi connectivity index (χ2v) is 6.87. The van der Waals surface area contributed by atoms with Crippen molar-refractivity contribution in [3.63, 3.8) is 0 Å². The molecule has 1 N–H and O–H groups in total. The average molecular weight is 423 g/mol. The van der Waals surface area contributed by atoms with Crippen molar-refractivity contribution in [3.05, 3.63) is 69.8 Å². The maximum atomic E-state index is 12.7. The first kappa shape index (κ1) is 20.6. The van der Waals surface area contributed by atoms with Crippen LogP contribution in [0, 0.1) is 0 Å². The van der Waals surface area contributed by atoms with Crippen molar-refractivity contribution in [1.29, 1.82) is 0 Å². The van der Waals surface area contributed by atoms with E-state index in [4.69, 9.17) is 4.74 Å². The van der Waals surface area contributed by atoms with Gasteiger partial charge in [-0.3, -0.25) is 9.59 Å². The lowest BCUT2D eigenvalue weighted by Crippen LogP contribution is -2.34. The van der Waals surface area contributed by atoms with E-state index in [1.165, 1.54) is 34.2 Å². The smallest absolute Gasteiger partial charge is 0.416 e. The number of alkyl halides is 3. The number of benzene rings is 1. The minimum absolute atomic E-state index is 0.0588. The van der Waals surface area contributed by atoms with Crippen LogP contribution >= 0.6 is 11.3 Å². The van der Waals surface area contributed by atoms with Gasteiger partial charge >= 0.3 is 6.18 Å². The number of halogens is 3. The van der Waals surface area contributed by atoms with Crippen molar-refractivity contribution in [2.75, 3.05) is 13.2 Å². The first-order valence-electron chi connectivity index (χ1n) is 8.52. The van der Waals surface area contributed by atoms with E-state index >= 15 is 0 Å². The fourth-order valence-electron chi connectivity index (χ4n) is 2.43. The predicted molar refractivity (Wildman–Crippen MR) is 102 cm³/mol. The van der Waals surface area contributed by atoms with Gasteiger partial charge in [0.15, 0.2) is 6.61 Å². The quantitative estimate of drug-likeness (QED) is 0.634. The molecule has 0 radical (unpaired) electrons. The molecular formula is C19H16F3N3O3S. The van der Waals surface area contributed by atoms with E-state index in [2.05, 4.69) is 10.4 Å². The normalized spacial score (nSPS) is 11.3. The third-order valence-electron chi connectivity index (χ3n) is 3.82. The molecule has 1 amide bonds. The Hall–Kier alpha value is -3.14. The molecule has 3 rings (SSSR count). The van der Waals surface area contributed by atoms with E-state index in [-0.39, 0.29) is 24.4 Å². The van der Waals surface area contributed by atoms with Crippen LogP contribution in [0.25, 0.3) is 10.6 Å². The number of carbonyl (C=O) groups excluding carboxylic acids is 1. The Morgan fingerprint density at radius 3 is 2.72 bits per heavy atom. The second kappa shape index (κ2) is 8.91. The monoisotopic (exact) mass is 423 g/mol. The highest BCUT2D eigenvalue weighted by molar-refractivity contribution is 7.13. The van der Waals surface area contributed by atoms with Gasteiger partial charge in [-0.2, -0.15) is 18.3 Å². The average Bonchev–Trinajstić information content (AvgIpc) is 3.22. The summed E-state index contributed by atoms with van der Waals surface area (Å²) >= 11 is 1.49. The van der Waals surface area contributed by atoms with Gasteiger partial charge in [-0.05, 0) is 35.7 Å². The number of carbonyl (C=O) groups is 1. The van der Waals surface area contributed by atoms with Gasteiger partial charge in [0.05, 0.1) is 17.0 Å². The third-order valence-corrected chi connectivity index (χ3v) is 4.71. The molecule has 29 heavy (non-hydrogen) atoms. The van der Waals surface area contributed by atoms with Crippen LogP contribution in [0.5, 0.6) is 5.75 Å². The molecule has 6 nitrogen and oxygen atoms in total. The molecule has 2 aromatic heterocycles. The van der Waals surface area contributed by atoms with Crippen molar-refractivity contribution < 1.29 is 22.7 Å². The maximum Gasteiger partial charge on any atom is 0.416 e. The molecule has 0 aliphatic rings. The molecule has 2 heterocycles. The third kappa shape index (κ3) is 5.67. The summed E-state index contributed by atoms with van der Waals surface area (Å²) in [6.07, 6.45) is -4.49. The Labute approximate surface area is 167 Å². The van der Waals surface area contributed by atoms with E-state index in [0.717, 1.165) is 17.0 Å². The summed E-state index contributed by atoms with van der Waals surface area (Å²) in [5, 5.41) is 8.71. The molecular weight excluding hydrogens is 407 g/mol. The summed E-state index contributed by atoms with van der Waals surface area (Å²) in [7, 11) is 0. The lowest BCUT2D eigenvalue weighted by Gasteiger charge is -2.11. The van der Waals surface area contributed by atoms with E-state index in [9.17, 15) is 22.8 Å². The molecule has 0 bridgehead atoms. The van der Waals surface area contributed by atoms with Crippen LogP contribution in [0.4, 0.5) is 13.2 Å². The Bertz CT molecular complexity index is 1030. The molecule has 0 saturated heterocycles. The molecule has 0 aliphatic heterocycles. The Balaban J connectivity index is 1.51. The molecule has 0 unspecified atom stereocenters. The summed E-state index contributed by atoms with van der Waals surface area (Å²) in [5.74, 6) is -0.582. The summed E-state index contributed by atoms with van der Waals surface area (Å²) in [4.78, 5) is 24.7. The fourth-order valence-corrected chi connectivity index (χ4v) is 3.12.